The second-order valence-corrected chi connectivity index (χ2v) is 4.08. The van der Waals surface area contributed by atoms with E-state index in [0.717, 1.165) is 0 Å². The molecule has 0 N–H and O–H groups in total. The van der Waals surface area contributed by atoms with Gasteiger partial charge in [0.15, 0.2) is 0 Å². The number of halogens is 3. The van der Waals surface area contributed by atoms with Crippen LogP contribution < -0.4 is 0 Å². The van der Waals surface area contributed by atoms with Gasteiger partial charge in [-0.3, -0.25) is 0 Å². The van der Waals surface area contributed by atoms with Crippen LogP contribution in [-0.2, 0) is 0 Å². The molecule has 1 aromatic carbocycles. The molecule has 1 aromatic rings. The smallest absolute Gasteiger partial charge is 0.0962 e. The summed E-state index contributed by atoms with van der Waals surface area (Å²) < 4.78 is 0. The first-order chi connectivity index (χ1) is 7.10. The van der Waals surface area contributed by atoms with E-state index in [1.807, 2.05) is 6.92 Å². The van der Waals surface area contributed by atoms with Gasteiger partial charge in [0.25, 0.3) is 0 Å². The molecule has 1 nitrogen and oxygen atoms in total. The molecule has 0 aliphatic rings. The average Bonchev–Trinajstić information content (AvgIpc) is 2.23. The maximum Gasteiger partial charge on any atom is 0.0962 e. The lowest BCUT2D eigenvalue weighted by atomic mass is 10.1. The topological polar surface area (TPSA) is 23.8 Å². The van der Waals surface area contributed by atoms with Crippen LogP contribution in [0.4, 0.5) is 0 Å². The molecule has 0 amide bonds. The van der Waals surface area contributed by atoms with Crippen LogP contribution in [0.5, 0.6) is 0 Å². The maximum atomic E-state index is 8.83. The van der Waals surface area contributed by atoms with Gasteiger partial charge in [-0.25, -0.2) is 0 Å². The predicted molar refractivity (Wildman–Crippen MR) is 65.1 cm³/mol. The highest BCUT2D eigenvalue weighted by atomic mass is 35.5. The van der Waals surface area contributed by atoms with Crippen LogP contribution in [0, 0.1) is 11.3 Å². The van der Waals surface area contributed by atoms with E-state index in [9.17, 15) is 0 Å². The first kappa shape index (κ1) is 12.4. The van der Waals surface area contributed by atoms with E-state index in [0.29, 0.717) is 32.6 Å². The lowest BCUT2D eigenvalue weighted by Gasteiger charge is -2.03. The average molecular weight is 261 g/mol. The zero-order chi connectivity index (χ0) is 11.4. The summed E-state index contributed by atoms with van der Waals surface area (Å²) >= 11 is 17.7. The Hall–Kier alpha value is -0.680. The highest BCUT2D eigenvalue weighted by Crippen LogP contribution is 2.30. The van der Waals surface area contributed by atoms with Gasteiger partial charge in [0.1, 0.15) is 0 Å². The molecular formula is C11H8Cl3N. The fourth-order valence-corrected chi connectivity index (χ4v) is 1.68. The molecule has 0 radical (unpaired) electrons. The predicted octanol–water partition coefficient (Wildman–Crippen LogP) is 4.88. The van der Waals surface area contributed by atoms with E-state index in [4.69, 9.17) is 40.1 Å². The third kappa shape index (κ3) is 2.89. The summed E-state index contributed by atoms with van der Waals surface area (Å²) in [4.78, 5) is 0. The number of rotatable bonds is 2. The first-order valence-corrected chi connectivity index (χ1v) is 5.47. The van der Waals surface area contributed by atoms with Crippen LogP contribution >= 0.6 is 34.8 Å². The Balaban J connectivity index is 3.24. The van der Waals surface area contributed by atoms with E-state index in [1.165, 1.54) is 0 Å². The fraction of sp³-hybridized carbons (Fsp3) is 0.182. The highest BCUT2D eigenvalue weighted by molar-refractivity contribution is 6.50. The highest BCUT2D eigenvalue weighted by Gasteiger charge is 2.07. The molecule has 15 heavy (non-hydrogen) atoms. The number of benzene rings is 1. The number of allylic oxidation sites excluding steroid dienone is 1. The van der Waals surface area contributed by atoms with Gasteiger partial charge < -0.3 is 0 Å². The molecule has 1 rings (SSSR count). The monoisotopic (exact) mass is 259 g/mol. The molecule has 0 bridgehead atoms. The Kier molecular flexibility index (Phi) is 4.47. The molecule has 0 saturated carbocycles. The van der Waals surface area contributed by atoms with Gasteiger partial charge in [0, 0.05) is 5.57 Å². The molecular weight excluding hydrogens is 252 g/mol. The van der Waals surface area contributed by atoms with Gasteiger partial charge in [-0.2, -0.15) is 5.26 Å². The van der Waals surface area contributed by atoms with Crippen LogP contribution in [0.25, 0.3) is 5.03 Å². The zero-order valence-electron chi connectivity index (χ0n) is 8.02. The SMILES string of the molecule is CCC(C#N)=C(Cl)c1ccc(Cl)c(Cl)c1. The first-order valence-electron chi connectivity index (χ1n) is 4.34. The van der Waals surface area contributed by atoms with Crippen molar-refractivity contribution in [3.05, 3.63) is 39.4 Å². The van der Waals surface area contributed by atoms with Crippen LogP contribution in [0.3, 0.4) is 0 Å². The van der Waals surface area contributed by atoms with Gasteiger partial charge >= 0.3 is 0 Å². The second kappa shape index (κ2) is 5.42. The molecule has 4 heteroatoms. The molecule has 0 atom stereocenters. The Morgan fingerprint density at radius 3 is 2.47 bits per heavy atom. The summed E-state index contributed by atoms with van der Waals surface area (Å²) in [5.41, 5.74) is 1.25. The number of hydrogen-bond donors (Lipinski definition) is 0. The largest absolute Gasteiger partial charge is 0.193 e. The molecule has 0 unspecified atom stereocenters. The van der Waals surface area contributed by atoms with Crippen molar-refractivity contribution in [1.29, 1.82) is 5.26 Å². The van der Waals surface area contributed by atoms with E-state index >= 15 is 0 Å². The van der Waals surface area contributed by atoms with Crippen LogP contribution in [-0.4, -0.2) is 0 Å². The van der Waals surface area contributed by atoms with E-state index in [-0.39, 0.29) is 0 Å². The summed E-state index contributed by atoms with van der Waals surface area (Å²) in [5.74, 6) is 0. The Morgan fingerprint density at radius 1 is 1.33 bits per heavy atom. The standard InChI is InChI=1S/C11H8Cl3N/c1-2-7(6-15)11(14)8-3-4-9(12)10(13)5-8/h3-5H,2H2,1H3. The normalized spacial score (nSPS) is 11.9. The van der Waals surface area contributed by atoms with E-state index in [1.54, 1.807) is 18.2 Å². The quantitative estimate of drug-likeness (QED) is 0.696. The zero-order valence-corrected chi connectivity index (χ0v) is 10.3. The number of nitrogens with zero attached hydrogens (tertiary/aromatic N) is 1. The molecule has 0 fully saturated rings. The lowest BCUT2D eigenvalue weighted by molar-refractivity contribution is 1.16. The van der Waals surface area contributed by atoms with Crippen molar-refractivity contribution in [2.75, 3.05) is 0 Å². The third-order valence-electron chi connectivity index (χ3n) is 1.93. The van der Waals surface area contributed by atoms with E-state index in [2.05, 4.69) is 6.07 Å². The summed E-state index contributed by atoms with van der Waals surface area (Å²) in [6.45, 7) is 1.87. The molecule has 0 aliphatic heterocycles. The summed E-state index contributed by atoms with van der Waals surface area (Å²) in [5, 5.41) is 10.2. The fourth-order valence-electron chi connectivity index (χ4n) is 1.09. The molecule has 0 aromatic heterocycles. The van der Waals surface area contributed by atoms with Crippen molar-refractivity contribution in [2.24, 2.45) is 0 Å². The second-order valence-electron chi connectivity index (χ2n) is 2.89. The number of nitriles is 1. The van der Waals surface area contributed by atoms with Gasteiger partial charge in [0.05, 0.1) is 21.1 Å². The van der Waals surface area contributed by atoms with Crippen molar-refractivity contribution in [2.45, 2.75) is 13.3 Å². The van der Waals surface area contributed by atoms with Crippen molar-refractivity contribution in [3.63, 3.8) is 0 Å². The molecule has 78 valence electrons. The van der Waals surface area contributed by atoms with Crippen LogP contribution in [0.1, 0.15) is 18.9 Å². The van der Waals surface area contributed by atoms with Crippen molar-refractivity contribution in [3.8, 4) is 6.07 Å². The Bertz CT molecular complexity index is 444. The van der Waals surface area contributed by atoms with Crippen LogP contribution in [0.2, 0.25) is 10.0 Å². The minimum atomic E-state index is 0.429. The van der Waals surface area contributed by atoms with Crippen molar-refractivity contribution in [1.82, 2.24) is 0 Å². The van der Waals surface area contributed by atoms with Crippen molar-refractivity contribution >= 4 is 39.8 Å². The molecule has 0 heterocycles. The minimum Gasteiger partial charge on any atom is -0.193 e. The number of hydrogen-bond acceptors (Lipinski definition) is 1. The molecule has 0 spiro atoms. The lowest BCUT2D eigenvalue weighted by Crippen LogP contribution is -1.84. The van der Waals surface area contributed by atoms with Crippen molar-refractivity contribution < 1.29 is 0 Å². The Morgan fingerprint density at radius 2 is 2.00 bits per heavy atom. The van der Waals surface area contributed by atoms with Gasteiger partial charge in [-0.05, 0) is 24.1 Å². The minimum absolute atomic E-state index is 0.429. The summed E-state index contributed by atoms with van der Waals surface area (Å²) in [6.07, 6.45) is 0.593. The van der Waals surface area contributed by atoms with Gasteiger partial charge in [0.2, 0.25) is 0 Å². The van der Waals surface area contributed by atoms with E-state index < -0.39 is 0 Å². The Labute approximate surface area is 104 Å². The summed E-state index contributed by atoms with van der Waals surface area (Å²) in [6, 6.07) is 7.11. The summed E-state index contributed by atoms with van der Waals surface area (Å²) in [7, 11) is 0. The van der Waals surface area contributed by atoms with Crippen LogP contribution in [0.15, 0.2) is 23.8 Å². The molecule has 0 aliphatic carbocycles. The third-order valence-corrected chi connectivity index (χ3v) is 3.11. The maximum absolute atomic E-state index is 8.83. The molecule has 0 saturated heterocycles. The van der Waals surface area contributed by atoms with Gasteiger partial charge in [-0.1, -0.05) is 47.8 Å². The van der Waals surface area contributed by atoms with Gasteiger partial charge in [-0.15, -0.1) is 0 Å².